The van der Waals surface area contributed by atoms with Crippen molar-refractivity contribution in [3.63, 3.8) is 0 Å². The van der Waals surface area contributed by atoms with E-state index >= 15 is 0 Å². The third kappa shape index (κ3) is 1.10. The van der Waals surface area contributed by atoms with Gasteiger partial charge in [0.05, 0.1) is 0 Å². The van der Waals surface area contributed by atoms with E-state index in [9.17, 15) is 9.59 Å². The lowest BCUT2D eigenvalue weighted by Gasteiger charge is -2.28. The summed E-state index contributed by atoms with van der Waals surface area (Å²) in [6.07, 6.45) is 1.43. The molecular formula is C7H11N4O3+. The van der Waals surface area contributed by atoms with Crippen LogP contribution in [0.2, 0.25) is 0 Å². The molecule has 0 aromatic carbocycles. The molecule has 3 amide bonds. The summed E-state index contributed by atoms with van der Waals surface area (Å²) in [5.41, 5.74) is 0. The molecule has 0 aromatic heterocycles. The third-order valence-corrected chi connectivity index (χ3v) is 2.19. The van der Waals surface area contributed by atoms with E-state index < -0.39 is 6.04 Å². The van der Waals surface area contributed by atoms with Gasteiger partial charge in [0.1, 0.15) is 0 Å². The van der Waals surface area contributed by atoms with Gasteiger partial charge in [-0.25, -0.2) is 4.79 Å². The quantitative estimate of drug-likeness (QED) is 0.439. The van der Waals surface area contributed by atoms with Crippen molar-refractivity contribution in [3.8, 4) is 0 Å². The van der Waals surface area contributed by atoms with Crippen molar-refractivity contribution in [1.82, 2.24) is 9.80 Å². The van der Waals surface area contributed by atoms with Crippen LogP contribution in [0.25, 0.3) is 0 Å². The minimum Gasteiger partial charge on any atom is -0.412 e. The molecule has 1 fully saturated rings. The van der Waals surface area contributed by atoms with Gasteiger partial charge in [-0.3, -0.25) is 19.6 Å². The molecule has 7 heteroatoms. The fraction of sp³-hybridized carbons (Fsp3) is 0.429. The van der Waals surface area contributed by atoms with Crippen LogP contribution in [-0.4, -0.2) is 59.5 Å². The number of nitrogens with zero attached hydrogens (tertiary/aromatic N) is 3. The third-order valence-electron chi connectivity index (χ3n) is 2.19. The fourth-order valence-electron chi connectivity index (χ4n) is 1.40. The Balaban J connectivity index is 0.000000980. The Labute approximate surface area is 80.0 Å². The summed E-state index contributed by atoms with van der Waals surface area (Å²) in [5, 5.41) is 0. The highest BCUT2D eigenvalue weighted by Gasteiger charge is 2.46. The molecule has 2 rings (SSSR count). The average molecular weight is 199 g/mol. The molecule has 1 saturated heterocycles. The number of hydrogen-bond acceptors (Lipinski definition) is 3. The summed E-state index contributed by atoms with van der Waals surface area (Å²) in [5.74, 6) is 0.198. The summed E-state index contributed by atoms with van der Waals surface area (Å²) in [4.78, 5) is 32.0. The Hall–Kier alpha value is -1.76. The van der Waals surface area contributed by atoms with Gasteiger partial charge < -0.3 is 5.48 Å². The molecule has 0 aliphatic carbocycles. The summed E-state index contributed by atoms with van der Waals surface area (Å²) in [6.45, 7) is 0. The molecular weight excluding hydrogens is 188 g/mol. The van der Waals surface area contributed by atoms with Gasteiger partial charge in [0, 0.05) is 14.1 Å². The van der Waals surface area contributed by atoms with Crippen LogP contribution in [0.1, 0.15) is 0 Å². The number of aliphatic imine (C=N–C) groups is 1. The largest absolute Gasteiger partial charge is 0.412 e. The first-order chi connectivity index (χ1) is 6.13. The first-order valence-electron chi connectivity index (χ1n) is 3.83. The van der Waals surface area contributed by atoms with Gasteiger partial charge in [0.15, 0.2) is 0 Å². The van der Waals surface area contributed by atoms with Gasteiger partial charge >= 0.3 is 6.03 Å². The molecule has 76 valence electrons. The maximum atomic E-state index is 11.5. The molecule has 7 nitrogen and oxygen atoms in total. The van der Waals surface area contributed by atoms with Crippen LogP contribution in [-0.2, 0) is 4.79 Å². The monoisotopic (exact) mass is 199 g/mol. The predicted octanol–water partition coefficient (Wildman–Crippen LogP) is -3.42. The number of carbonyl (C=O) groups is 2. The molecule has 2 heterocycles. The summed E-state index contributed by atoms with van der Waals surface area (Å²) < 4.78 is 0. The van der Waals surface area contributed by atoms with E-state index in [2.05, 4.69) is 9.98 Å². The Morgan fingerprint density at radius 2 is 2.00 bits per heavy atom. The molecule has 0 radical (unpaired) electrons. The van der Waals surface area contributed by atoms with Crippen LogP contribution < -0.4 is 4.99 Å². The lowest BCUT2D eigenvalue weighted by molar-refractivity contribution is -0.461. The number of nitrogens with one attached hydrogen (secondary N) is 1. The van der Waals surface area contributed by atoms with Crippen LogP contribution in [0, 0.1) is 0 Å². The van der Waals surface area contributed by atoms with Crippen LogP contribution >= 0.6 is 0 Å². The molecule has 14 heavy (non-hydrogen) atoms. The van der Waals surface area contributed by atoms with Crippen molar-refractivity contribution in [2.45, 2.75) is 6.04 Å². The van der Waals surface area contributed by atoms with E-state index in [0.29, 0.717) is 5.84 Å². The molecule has 1 atom stereocenters. The minimum atomic E-state index is -0.493. The van der Waals surface area contributed by atoms with Gasteiger partial charge in [0.25, 0.3) is 24.1 Å². The number of likely N-dealkylation sites (N-methyl/N-ethyl adjacent to an activating group) is 2. The second-order valence-corrected chi connectivity index (χ2v) is 2.95. The number of hydrogen-bond donors (Lipinski definition) is 1. The van der Waals surface area contributed by atoms with Crippen LogP contribution in [0.5, 0.6) is 0 Å². The van der Waals surface area contributed by atoms with Crippen molar-refractivity contribution in [1.29, 1.82) is 0 Å². The van der Waals surface area contributed by atoms with Crippen LogP contribution in [0.15, 0.2) is 4.99 Å². The first kappa shape index (κ1) is 10.3. The number of imide groups is 1. The lowest BCUT2D eigenvalue weighted by Crippen LogP contribution is -2.83. The molecule has 0 aromatic rings. The standard InChI is InChI=1S/C7H8N4O2.H2O/c1-10-5-4(8-3-9-5)6(12)11(2)7(10)13;/h3-4H,1-2H3;1H2/p+1. The SMILES string of the molecule is CN1C(=O)C2[NH+]=CN=C2N(C)C1=O.O. The summed E-state index contributed by atoms with van der Waals surface area (Å²) in [7, 11) is 3.05. The summed E-state index contributed by atoms with van der Waals surface area (Å²) in [6, 6.07) is -0.843. The second kappa shape index (κ2) is 3.18. The number of carbonyl (C=O) groups excluding carboxylic acids is 2. The van der Waals surface area contributed by atoms with Gasteiger partial charge in [-0.15, -0.1) is 0 Å². The second-order valence-electron chi connectivity index (χ2n) is 2.95. The molecule has 1 unspecified atom stereocenters. The van der Waals surface area contributed by atoms with E-state index in [1.807, 2.05) is 0 Å². The minimum absolute atomic E-state index is 0. The molecule has 2 aliphatic heterocycles. The topological polar surface area (TPSA) is 98.5 Å². The number of amidine groups is 1. The number of urea groups is 1. The van der Waals surface area contributed by atoms with E-state index in [4.69, 9.17) is 0 Å². The van der Waals surface area contributed by atoms with Crippen molar-refractivity contribution >= 4 is 24.1 Å². The summed E-state index contributed by atoms with van der Waals surface area (Å²) >= 11 is 0. The zero-order valence-electron chi connectivity index (χ0n) is 7.81. The van der Waals surface area contributed by atoms with Gasteiger partial charge in [-0.2, -0.15) is 0 Å². The normalized spacial score (nSPS) is 24.7. The highest BCUT2D eigenvalue weighted by Crippen LogP contribution is 2.08. The predicted molar refractivity (Wildman–Crippen MR) is 47.8 cm³/mol. The van der Waals surface area contributed by atoms with Crippen LogP contribution in [0.3, 0.4) is 0 Å². The van der Waals surface area contributed by atoms with E-state index in [-0.39, 0.29) is 17.4 Å². The zero-order chi connectivity index (χ0) is 9.59. The molecule has 3 N–H and O–H groups in total. The Kier molecular flexibility index (Phi) is 2.35. The van der Waals surface area contributed by atoms with Crippen molar-refractivity contribution in [2.75, 3.05) is 14.1 Å². The van der Waals surface area contributed by atoms with E-state index in [0.717, 1.165) is 4.90 Å². The van der Waals surface area contributed by atoms with Crippen molar-refractivity contribution in [2.24, 2.45) is 4.99 Å². The van der Waals surface area contributed by atoms with E-state index in [1.165, 1.54) is 18.3 Å². The van der Waals surface area contributed by atoms with Gasteiger partial charge in [0.2, 0.25) is 0 Å². The smallest absolute Gasteiger partial charge is 0.333 e. The average Bonchev–Trinajstić information content (AvgIpc) is 2.59. The van der Waals surface area contributed by atoms with Crippen molar-refractivity contribution in [3.05, 3.63) is 0 Å². The Morgan fingerprint density at radius 3 is 2.64 bits per heavy atom. The zero-order valence-corrected chi connectivity index (χ0v) is 7.81. The van der Waals surface area contributed by atoms with Crippen LogP contribution in [0.4, 0.5) is 4.79 Å². The Morgan fingerprint density at radius 1 is 1.36 bits per heavy atom. The van der Waals surface area contributed by atoms with Crippen molar-refractivity contribution < 1.29 is 20.1 Å². The first-order valence-corrected chi connectivity index (χ1v) is 3.83. The Bertz CT molecular complexity index is 349. The number of amides is 3. The lowest BCUT2D eigenvalue weighted by atomic mass is 10.2. The number of rotatable bonds is 0. The molecule has 2 aliphatic rings. The highest BCUT2D eigenvalue weighted by molar-refractivity contribution is 6.21. The molecule has 0 bridgehead atoms. The maximum absolute atomic E-state index is 11.5. The molecule has 0 spiro atoms. The van der Waals surface area contributed by atoms with Gasteiger partial charge in [-0.05, 0) is 4.99 Å². The van der Waals surface area contributed by atoms with Gasteiger partial charge in [-0.1, -0.05) is 0 Å². The highest BCUT2D eigenvalue weighted by atomic mass is 16.2. The molecule has 0 saturated carbocycles. The maximum Gasteiger partial charge on any atom is 0.333 e. The van der Waals surface area contributed by atoms with E-state index in [1.54, 1.807) is 7.05 Å². The fourth-order valence-corrected chi connectivity index (χ4v) is 1.40. The number of fused-ring (bicyclic) bond motifs is 1.